The van der Waals surface area contributed by atoms with E-state index in [1.807, 2.05) is 30.3 Å². The predicted molar refractivity (Wildman–Crippen MR) is 273 cm³/mol. The first kappa shape index (κ1) is 54.3. The number of aromatic hydroxyl groups is 1. The Bertz CT molecular complexity index is 3810. The molecule has 23 nitrogen and oxygen atoms in total. The lowest BCUT2D eigenvalue weighted by Crippen LogP contribution is -2.08. The van der Waals surface area contributed by atoms with Gasteiger partial charge in [-0.25, -0.2) is 0 Å². The average molecular weight is 1090 g/mol. The van der Waals surface area contributed by atoms with Gasteiger partial charge in [-0.2, -0.15) is 43.9 Å². The highest BCUT2D eigenvalue weighted by molar-refractivity contribution is 7.86. The number of aryl methyl sites for hydroxylation is 1. The third kappa shape index (κ3) is 14.4. The molecule has 0 fully saturated rings. The van der Waals surface area contributed by atoms with Crippen molar-refractivity contribution >= 4 is 108 Å². The maximum Gasteiger partial charge on any atom is 0.296 e. The molecule has 7 aromatic rings. The molecule has 0 aromatic heterocycles. The summed E-state index contributed by atoms with van der Waals surface area (Å²) in [6.45, 7) is 1.66. The van der Waals surface area contributed by atoms with E-state index in [4.69, 9.17) is 18.8 Å². The van der Waals surface area contributed by atoms with Gasteiger partial charge in [-0.05, 0) is 116 Å². The van der Waals surface area contributed by atoms with Gasteiger partial charge >= 0.3 is 0 Å². The number of anilines is 2. The summed E-state index contributed by atoms with van der Waals surface area (Å²) in [5.41, 5.74) is 1.75. The first-order chi connectivity index (χ1) is 35.0. The highest BCUT2D eigenvalue weighted by Crippen LogP contribution is 2.47. The third-order valence-electron chi connectivity index (χ3n) is 10.7. The topological polar surface area (TPSA) is 352 Å². The van der Waals surface area contributed by atoms with E-state index < -0.39 is 73.2 Å². The molecular weight excluding hydrogens is 1050 g/mol. The number of azo groups is 3. The molecule has 0 unspecified atom stereocenters. The van der Waals surface area contributed by atoms with E-state index in [0.717, 1.165) is 23.9 Å². The maximum absolute atomic E-state index is 12.8. The van der Waals surface area contributed by atoms with Crippen LogP contribution >= 0.6 is 0 Å². The predicted octanol–water partition coefficient (Wildman–Crippen LogP) is 11.2. The lowest BCUT2D eigenvalue weighted by Gasteiger charge is -2.13. The number of hydrogen-bond donors (Lipinski definition) is 6. The maximum atomic E-state index is 12.8. The molecule has 7 aromatic carbocycles. The summed E-state index contributed by atoms with van der Waals surface area (Å²) in [4.78, 5) is -1.35. The highest BCUT2D eigenvalue weighted by Gasteiger charge is 2.24. The Hall–Kier alpha value is -7.50. The molecule has 0 aliphatic rings. The minimum Gasteiger partial charge on any atom is -0.505 e. The van der Waals surface area contributed by atoms with E-state index in [1.54, 1.807) is 49.4 Å². The molecule has 0 amide bonds. The Morgan fingerprint density at radius 2 is 1.16 bits per heavy atom. The highest BCUT2D eigenvalue weighted by atomic mass is 32.2. The normalized spacial score (nSPS) is 12.6. The summed E-state index contributed by atoms with van der Waals surface area (Å²) in [6, 6.07) is 29.0. The van der Waals surface area contributed by atoms with Crippen molar-refractivity contribution in [1.82, 2.24) is 0 Å². The SMILES string of the molecule is COc1cc(N=Nc2cc(C)c(N=Nc3ccc(OCCCS(=O)(=O)O)cc3)cc2OCCCCS(=O)(=O)O)c2cc(S(=O)(=O)O)ccc2c1N=Nc1c(S(=O)(=O)O)cc2cc(Nc3ccccc3)ccc2c1O. The Morgan fingerprint density at radius 1 is 0.527 bits per heavy atom. The summed E-state index contributed by atoms with van der Waals surface area (Å²) in [5.74, 6) is -1.19. The van der Waals surface area contributed by atoms with Gasteiger partial charge < -0.3 is 24.6 Å². The number of phenolic OH excluding ortho intramolecular Hbond substituents is 1. The molecule has 388 valence electrons. The summed E-state index contributed by atoms with van der Waals surface area (Å²) in [6.07, 6.45) is 0.294. The van der Waals surface area contributed by atoms with E-state index in [9.17, 15) is 52.4 Å². The van der Waals surface area contributed by atoms with Gasteiger partial charge in [0.25, 0.3) is 40.5 Å². The molecule has 0 aliphatic carbocycles. The zero-order valence-electron chi connectivity index (χ0n) is 39.0. The molecule has 0 heterocycles. The minimum absolute atomic E-state index is 0.000784. The molecular formula is C47H45N7O16S4. The Balaban J connectivity index is 1.26. The number of unbranched alkanes of at least 4 members (excludes halogenated alkanes) is 1. The molecule has 0 saturated heterocycles. The van der Waals surface area contributed by atoms with Crippen LogP contribution in [0.1, 0.15) is 24.8 Å². The van der Waals surface area contributed by atoms with Crippen molar-refractivity contribution in [3.8, 4) is 23.0 Å². The van der Waals surface area contributed by atoms with Crippen LogP contribution in [0.15, 0.2) is 156 Å². The summed E-state index contributed by atoms with van der Waals surface area (Å²) in [5, 5.41) is 40.9. The fraction of sp³-hybridized carbons (Fsp3) is 0.191. The lowest BCUT2D eigenvalue weighted by molar-refractivity contribution is 0.310. The van der Waals surface area contributed by atoms with E-state index in [-0.39, 0.29) is 82.6 Å². The quantitative estimate of drug-likeness (QED) is 0.0209. The number of hydrogen-bond acceptors (Lipinski definition) is 19. The molecule has 27 heteroatoms. The Morgan fingerprint density at radius 3 is 1.84 bits per heavy atom. The van der Waals surface area contributed by atoms with Crippen LogP contribution in [0, 0.1) is 6.92 Å². The summed E-state index contributed by atoms with van der Waals surface area (Å²) in [7, 11) is -17.0. The first-order valence-electron chi connectivity index (χ1n) is 21.8. The standard InChI is InChI=1S/C47H45N7O16S4/c1-29-23-41(42(70-19-6-7-21-71(56,57)58)27-39(29)50-49-32-11-14-34(15-12-32)69-20-8-22-72(59,60)61)52-51-40-28-43(68-2)45(37-18-16-35(26-38(37)40)73(62,63)64)53-54-46-44(74(65,66)67)25-30-24-33(13-17-36(30)47(46)55)48-31-9-4-3-5-10-31/h3-5,9-18,23-28,48,55H,6-8,19-22H2,1-2H3,(H,56,57,58)(H,59,60,61)(H,62,63,64)(H,65,66,67). The van der Waals surface area contributed by atoms with Gasteiger partial charge in [-0.1, -0.05) is 24.3 Å². The molecule has 7 rings (SSSR count). The van der Waals surface area contributed by atoms with Crippen molar-refractivity contribution in [2.75, 3.05) is 37.1 Å². The minimum atomic E-state index is -5.06. The molecule has 0 bridgehead atoms. The number of fused-ring (bicyclic) bond motifs is 2. The molecule has 0 atom stereocenters. The first-order valence-corrected chi connectivity index (χ1v) is 27.9. The van der Waals surface area contributed by atoms with Gasteiger partial charge in [-0.3, -0.25) is 18.2 Å². The van der Waals surface area contributed by atoms with Crippen molar-refractivity contribution in [3.05, 3.63) is 121 Å². The lowest BCUT2D eigenvalue weighted by atomic mass is 10.1. The van der Waals surface area contributed by atoms with E-state index in [2.05, 4.69) is 36.0 Å². The molecule has 0 aliphatic heterocycles. The second kappa shape index (κ2) is 22.7. The molecule has 0 radical (unpaired) electrons. The number of nitrogens with one attached hydrogen (secondary N) is 1. The molecule has 0 saturated carbocycles. The summed E-state index contributed by atoms with van der Waals surface area (Å²) >= 11 is 0. The fourth-order valence-corrected chi connectivity index (χ4v) is 9.37. The van der Waals surface area contributed by atoms with Crippen LogP contribution in [0.25, 0.3) is 21.5 Å². The zero-order chi connectivity index (χ0) is 53.4. The monoisotopic (exact) mass is 1090 g/mol. The Kier molecular flexibility index (Phi) is 16.7. The van der Waals surface area contributed by atoms with E-state index in [0.29, 0.717) is 28.4 Å². The van der Waals surface area contributed by atoms with Crippen molar-refractivity contribution < 1.29 is 71.2 Å². The van der Waals surface area contributed by atoms with Crippen LogP contribution in [0.4, 0.5) is 45.5 Å². The fourth-order valence-electron chi connectivity index (χ4n) is 7.15. The molecule has 0 spiro atoms. The van der Waals surface area contributed by atoms with E-state index >= 15 is 0 Å². The van der Waals surface area contributed by atoms with Gasteiger partial charge in [-0.15, -0.1) is 20.5 Å². The van der Waals surface area contributed by atoms with Crippen molar-refractivity contribution in [3.63, 3.8) is 0 Å². The van der Waals surface area contributed by atoms with Gasteiger partial charge in [0.15, 0.2) is 5.75 Å². The van der Waals surface area contributed by atoms with Crippen molar-refractivity contribution in [2.24, 2.45) is 30.7 Å². The van der Waals surface area contributed by atoms with E-state index in [1.165, 1.54) is 31.4 Å². The van der Waals surface area contributed by atoms with Crippen molar-refractivity contribution in [2.45, 2.75) is 36.0 Å². The van der Waals surface area contributed by atoms with Crippen LogP contribution in [0.5, 0.6) is 23.0 Å². The van der Waals surface area contributed by atoms with Gasteiger partial charge in [0, 0.05) is 39.7 Å². The third-order valence-corrected chi connectivity index (χ3v) is 14.0. The van der Waals surface area contributed by atoms with Crippen LogP contribution in [0.3, 0.4) is 0 Å². The number of methoxy groups -OCH3 is 1. The van der Waals surface area contributed by atoms with Gasteiger partial charge in [0.05, 0.1) is 53.8 Å². The van der Waals surface area contributed by atoms with Gasteiger partial charge in [0.1, 0.15) is 39.2 Å². The molecule has 74 heavy (non-hydrogen) atoms. The van der Waals surface area contributed by atoms with Crippen LogP contribution < -0.4 is 19.5 Å². The largest absolute Gasteiger partial charge is 0.505 e. The number of benzene rings is 7. The van der Waals surface area contributed by atoms with Crippen LogP contribution in [0.2, 0.25) is 0 Å². The van der Waals surface area contributed by atoms with Crippen LogP contribution in [-0.2, 0) is 40.5 Å². The average Bonchev–Trinajstić information content (AvgIpc) is 3.33. The Labute approximate surface area is 424 Å². The second-order valence-corrected chi connectivity index (χ2v) is 22.1. The number of ether oxygens (including phenoxy) is 3. The van der Waals surface area contributed by atoms with Gasteiger partial charge in [0.2, 0.25) is 0 Å². The number of phenols is 1. The number of para-hydroxylation sites is 1. The summed E-state index contributed by atoms with van der Waals surface area (Å²) < 4.78 is 151. The number of nitrogens with zero attached hydrogens (tertiary/aromatic N) is 6. The number of rotatable bonds is 22. The smallest absolute Gasteiger partial charge is 0.296 e. The zero-order valence-corrected chi connectivity index (χ0v) is 42.2. The van der Waals surface area contributed by atoms with Crippen LogP contribution in [-0.4, -0.2) is 88.8 Å². The second-order valence-electron chi connectivity index (χ2n) is 16.1. The van der Waals surface area contributed by atoms with Crippen molar-refractivity contribution in [1.29, 1.82) is 0 Å². The molecule has 6 N–H and O–H groups in total.